The second-order valence-electron chi connectivity index (χ2n) is 6.68. The molecule has 0 radical (unpaired) electrons. The van der Waals surface area contributed by atoms with Crippen LogP contribution in [0.1, 0.15) is 18.4 Å². The Morgan fingerprint density at radius 3 is 2.34 bits per heavy atom. The summed E-state index contributed by atoms with van der Waals surface area (Å²) in [5, 5.41) is 7.52. The third kappa shape index (κ3) is 5.41. The molecule has 0 aliphatic heterocycles. The molecule has 0 saturated heterocycles. The number of nitrogens with zero attached hydrogens (tertiary/aromatic N) is 2. The van der Waals surface area contributed by atoms with Crippen LogP contribution in [0.3, 0.4) is 0 Å². The normalized spacial score (nSPS) is 13.2. The highest BCUT2D eigenvalue weighted by molar-refractivity contribution is 9.10. The summed E-state index contributed by atoms with van der Waals surface area (Å²) in [5.41, 5.74) is -0.219. The van der Waals surface area contributed by atoms with Crippen molar-refractivity contribution in [2.24, 2.45) is 5.92 Å². The molecule has 1 heterocycles. The lowest BCUT2D eigenvalue weighted by molar-refractivity contribution is 0.277. The molecule has 0 bridgehead atoms. The van der Waals surface area contributed by atoms with Crippen molar-refractivity contribution in [1.82, 2.24) is 10.2 Å². The van der Waals surface area contributed by atoms with Gasteiger partial charge in [0.25, 0.3) is 0 Å². The Morgan fingerprint density at radius 1 is 0.897 bits per heavy atom. The first-order chi connectivity index (χ1) is 14.1. The summed E-state index contributed by atoms with van der Waals surface area (Å²) in [6.45, 7) is 0.350. The summed E-state index contributed by atoms with van der Waals surface area (Å²) < 4.78 is 46.0. The zero-order valence-corrected chi connectivity index (χ0v) is 16.9. The Balaban J connectivity index is 1.42. The van der Waals surface area contributed by atoms with Gasteiger partial charge in [-0.15, -0.1) is 10.2 Å². The Morgan fingerprint density at radius 2 is 1.66 bits per heavy atom. The average molecular weight is 463 g/mol. The molecule has 3 aromatic rings. The predicted molar refractivity (Wildman–Crippen MR) is 105 cm³/mol. The number of rotatable bonds is 8. The molecule has 1 fully saturated rings. The summed E-state index contributed by atoms with van der Waals surface area (Å²) in [5.74, 6) is 0.391. The summed E-state index contributed by atoms with van der Waals surface area (Å²) in [7, 11) is 0. The van der Waals surface area contributed by atoms with Crippen molar-refractivity contribution >= 4 is 15.9 Å². The fourth-order valence-corrected chi connectivity index (χ4v) is 2.78. The summed E-state index contributed by atoms with van der Waals surface area (Å²) in [6, 6.07) is 12.4. The minimum Gasteiger partial charge on any atom is -0.493 e. The van der Waals surface area contributed by atoms with Crippen LogP contribution in [-0.4, -0.2) is 16.8 Å². The molecule has 0 N–H and O–H groups in total. The zero-order valence-electron chi connectivity index (χ0n) is 15.3. The van der Waals surface area contributed by atoms with E-state index >= 15 is 0 Å². The van der Waals surface area contributed by atoms with Gasteiger partial charge < -0.3 is 14.2 Å². The van der Waals surface area contributed by atoms with E-state index in [0.29, 0.717) is 28.6 Å². The molecule has 8 heteroatoms. The molecule has 29 heavy (non-hydrogen) atoms. The highest BCUT2D eigenvalue weighted by Gasteiger charge is 2.22. The van der Waals surface area contributed by atoms with Crippen LogP contribution in [0.15, 0.2) is 53.1 Å². The van der Waals surface area contributed by atoms with Gasteiger partial charge in [-0.1, -0.05) is 6.07 Å². The molecule has 1 aromatic heterocycles. The molecule has 0 atom stereocenters. The highest BCUT2D eigenvalue weighted by Crippen LogP contribution is 2.31. The van der Waals surface area contributed by atoms with E-state index < -0.39 is 11.6 Å². The fraction of sp³-hybridized carbons (Fsp3) is 0.238. The average Bonchev–Trinajstić information content (AvgIpc) is 3.52. The molecule has 1 aliphatic rings. The van der Waals surface area contributed by atoms with Gasteiger partial charge in [-0.2, -0.15) is 0 Å². The molecular formula is C21H17BrF2N2O3. The molecule has 5 nitrogen and oxygen atoms in total. The Bertz CT molecular complexity index is 974. The van der Waals surface area contributed by atoms with E-state index in [1.165, 1.54) is 12.8 Å². The lowest BCUT2D eigenvalue weighted by atomic mass is 10.2. The lowest BCUT2D eigenvalue weighted by Crippen LogP contribution is -2.04. The Hall–Kier alpha value is -2.74. The van der Waals surface area contributed by atoms with E-state index in [4.69, 9.17) is 14.2 Å². The number of hydrogen-bond donors (Lipinski definition) is 0. The monoisotopic (exact) mass is 462 g/mol. The van der Waals surface area contributed by atoms with Gasteiger partial charge in [-0.05, 0) is 52.9 Å². The van der Waals surface area contributed by atoms with E-state index in [9.17, 15) is 8.78 Å². The predicted octanol–water partition coefficient (Wildman–Crippen LogP) is 5.68. The number of ether oxygens (including phenoxy) is 3. The van der Waals surface area contributed by atoms with E-state index in [-0.39, 0.29) is 23.8 Å². The maximum absolute atomic E-state index is 14.4. The molecule has 2 aromatic carbocycles. The third-order valence-corrected chi connectivity index (χ3v) is 4.73. The number of halogens is 3. The number of aromatic nitrogens is 2. The standard InChI is InChI=1S/C21H17BrF2N2O3/c22-20-6-7-21(26-25-20)28-12-17-18(23)9-16(10-19(17)24)29-15-3-1-2-14(8-15)27-11-13-4-5-13/h1-3,6-10,13H,4-5,11-12H2. The Labute approximate surface area is 174 Å². The van der Waals surface area contributed by atoms with E-state index in [2.05, 4.69) is 26.1 Å². The SMILES string of the molecule is Fc1cc(Oc2cccc(OCC3CC3)c2)cc(F)c1COc1ccc(Br)nn1. The van der Waals surface area contributed by atoms with Gasteiger partial charge in [-0.25, -0.2) is 8.78 Å². The molecule has 1 saturated carbocycles. The quantitative estimate of drug-likeness (QED) is 0.431. The molecule has 150 valence electrons. The zero-order chi connectivity index (χ0) is 20.2. The second kappa shape index (κ2) is 8.73. The van der Waals surface area contributed by atoms with Crippen LogP contribution in [0.5, 0.6) is 23.1 Å². The van der Waals surface area contributed by atoms with Crippen molar-refractivity contribution in [1.29, 1.82) is 0 Å². The highest BCUT2D eigenvalue weighted by atomic mass is 79.9. The summed E-state index contributed by atoms with van der Waals surface area (Å²) >= 11 is 3.15. The van der Waals surface area contributed by atoms with Gasteiger partial charge in [0.15, 0.2) is 0 Å². The Kier molecular flexibility index (Phi) is 5.89. The van der Waals surface area contributed by atoms with Gasteiger partial charge in [-0.3, -0.25) is 0 Å². The van der Waals surface area contributed by atoms with Crippen molar-refractivity contribution in [2.75, 3.05) is 6.61 Å². The molecule has 0 spiro atoms. The topological polar surface area (TPSA) is 53.5 Å². The first-order valence-corrected chi connectivity index (χ1v) is 9.87. The summed E-state index contributed by atoms with van der Waals surface area (Å²) in [6.07, 6.45) is 2.39. The molecule has 0 amide bonds. The number of hydrogen-bond acceptors (Lipinski definition) is 5. The first kappa shape index (κ1) is 19.6. The van der Waals surface area contributed by atoms with Crippen LogP contribution in [0.2, 0.25) is 0 Å². The van der Waals surface area contributed by atoms with Crippen LogP contribution >= 0.6 is 15.9 Å². The fourth-order valence-electron chi connectivity index (χ4n) is 2.57. The number of benzene rings is 2. The van der Waals surface area contributed by atoms with Crippen molar-refractivity contribution in [3.63, 3.8) is 0 Å². The maximum atomic E-state index is 14.4. The van der Waals surface area contributed by atoms with Gasteiger partial charge in [0.2, 0.25) is 5.88 Å². The largest absolute Gasteiger partial charge is 0.493 e. The van der Waals surface area contributed by atoms with Crippen molar-refractivity contribution < 1.29 is 23.0 Å². The van der Waals surface area contributed by atoms with Crippen LogP contribution in [0.25, 0.3) is 0 Å². The van der Waals surface area contributed by atoms with Crippen LogP contribution in [0, 0.1) is 17.6 Å². The van der Waals surface area contributed by atoms with Crippen LogP contribution < -0.4 is 14.2 Å². The van der Waals surface area contributed by atoms with Crippen LogP contribution in [-0.2, 0) is 6.61 Å². The maximum Gasteiger partial charge on any atom is 0.233 e. The van der Waals surface area contributed by atoms with Gasteiger partial charge in [0, 0.05) is 24.3 Å². The van der Waals surface area contributed by atoms with Gasteiger partial charge in [0.1, 0.15) is 40.1 Å². The molecule has 0 unspecified atom stereocenters. The van der Waals surface area contributed by atoms with Crippen molar-refractivity contribution in [2.45, 2.75) is 19.4 Å². The van der Waals surface area contributed by atoms with Crippen molar-refractivity contribution in [3.05, 3.63) is 70.3 Å². The van der Waals surface area contributed by atoms with Gasteiger partial charge in [0.05, 0.1) is 12.2 Å². The summed E-state index contributed by atoms with van der Waals surface area (Å²) in [4.78, 5) is 0. The van der Waals surface area contributed by atoms with Gasteiger partial charge >= 0.3 is 0 Å². The van der Waals surface area contributed by atoms with E-state index in [1.807, 2.05) is 6.07 Å². The van der Waals surface area contributed by atoms with E-state index in [1.54, 1.807) is 30.3 Å². The van der Waals surface area contributed by atoms with Crippen LogP contribution in [0.4, 0.5) is 8.78 Å². The van der Waals surface area contributed by atoms with Crippen molar-refractivity contribution in [3.8, 4) is 23.1 Å². The third-order valence-electron chi connectivity index (χ3n) is 4.31. The molecule has 4 rings (SSSR count). The van der Waals surface area contributed by atoms with E-state index in [0.717, 1.165) is 12.1 Å². The molecule has 1 aliphatic carbocycles. The second-order valence-corrected chi connectivity index (χ2v) is 7.49. The minimum absolute atomic E-state index is 0.0477. The molecular weight excluding hydrogens is 446 g/mol. The lowest BCUT2D eigenvalue weighted by Gasteiger charge is -2.11. The smallest absolute Gasteiger partial charge is 0.233 e. The minimum atomic E-state index is -0.772. The first-order valence-electron chi connectivity index (χ1n) is 9.07.